The predicted molar refractivity (Wildman–Crippen MR) is 75.2 cm³/mol. The van der Waals surface area contributed by atoms with Gasteiger partial charge in [0.15, 0.2) is 0 Å². The zero-order chi connectivity index (χ0) is 14.1. The van der Waals surface area contributed by atoms with E-state index in [0.29, 0.717) is 25.2 Å². The fourth-order valence-corrected chi connectivity index (χ4v) is 2.55. The summed E-state index contributed by atoms with van der Waals surface area (Å²) in [4.78, 5) is 28.6. The van der Waals surface area contributed by atoms with Crippen LogP contribution in [-0.2, 0) is 4.79 Å². The Balaban J connectivity index is 1.91. The van der Waals surface area contributed by atoms with Crippen molar-refractivity contribution in [3.05, 3.63) is 36.0 Å². The highest BCUT2D eigenvalue weighted by Gasteiger charge is 2.31. The number of benzene rings is 1. The van der Waals surface area contributed by atoms with Gasteiger partial charge >= 0.3 is 0 Å². The molecule has 1 aromatic heterocycles. The molecule has 0 radical (unpaired) electrons. The van der Waals surface area contributed by atoms with Crippen LogP contribution in [0.3, 0.4) is 0 Å². The van der Waals surface area contributed by atoms with Crippen LogP contribution in [0.15, 0.2) is 30.5 Å². The van der Waals surface area contributed by atoms with Crippen LogP contribution in [0.25, 0.3) is 10.9 Å². The fourth-order valence-electron chi connectivity index (χ4n) is 2.55. The zero-order valence-electron chi connectivity index (χ0n) is 10.9. The van der Waals surface area contributed by atoms with E-state index in [4.69, 9.17) is 5.73 Å². The summed E-state index contributed by atoms with van der Waals surface area (Å²) in [6, 6.07) is 6.83. The first-order valence-corrected chi connectivity index (χ1v) is 6.55. The summed E-state index contributed by atoms with van der Waals surface area (Å²) < 4.78 is 0. The second kappa shape index (κ2) is 4.97. The van der Waals surface area contributed by atoms with Gasteiger partial charge in [0.25, 0.3) is 5.91 Å². The Hall–Kier alpha value is -2.34. The first-order chi connectivity index (χ1) is 9.66. The smallest absolute Gasteiger partial charge is 0.254 e. The van der Waals surface area contributed by atoms with Crippen LogP contribution in [0.1, 0.15) is 10.4 Å². The van der Waals surface area contributed by atoms with Crippen molar-refractivity contribution >= 4 is 22.7 Å². The molecule has 3 rings (SSSR count). The van der Waals surface area contributed by atoms with Crippen LogP contribution in [-0.4, -0.2) is 47.4 Å². The first kappa shape index (κ1) is 12.7. The number of amides is 2. The first-order valence-electron chi connectivity index (χ1n) is 6.55. The average Bonchev–Trinajstić information content (AvgIpc) is 2.93. The highest BCUT2D eigenvalue weighted by atomic mass is 16.2. The molecule has 1 aliphatic rings. The maximum absolute atomic E-state index is 12.6. The number of nitrogens with two attached hydrogens (primary N) is 1. The molecule has 0 bridgehead atoms. The lowest BCUT2D eigenvalue weighted by Crippen LogP contribution is -2.58. The van der Waals surface area contributed by atoms with E-state index in [2.05, 4.69) is 10.3 Å². The van der Waals surface area contributed by atoms with Gasteiger partial charge in [-0.25, -0.2) is 0 Å². The number of hydrogen-bond acceptors (Lipinski definition) is 3. The van der Waals surface area contributed by atoms with Crippen LogP contribution in [0.4, 0.5) is 0 Å². The molecule has 0 spiro atoms. The molecule has 0 aliphatic carbocycles. The lowest BCUT2D eigenvalue weighted by Gasteiger charge is -2.34. The van der Waals surface area contributed by atoms with Crippen LogP contribution in [0.5, 0.6) is 0 Å². The SMILES string of the molecule is NC(=O)C1CNCCN1C(=O)c1ccc2cc[nH]c2c1. The lowest BCUT2D eigenvalue weighted by atomic mass is 10.1. The predicted octanol–water partition coefficient (Wildman–Crippen LogP) is 0.0672. The normalized spacial score (nSPS) is 19.2. The topological polar surface area (TPSA) is 91.2 Å². The van der Waals surface area contributed by atoms with Crippen molar-refractivity contribution in [3.8, 4) is 0 Å². The Labute approximate surface area is 115 Å². The molecule has 1 aliphatic heterocycles. The van der Waals surface area contributed by atoms with Gasteiger partial charge < -0.3 is 20.9 Å². The second-order valence-corrected chi connectivity index (χ2v) is 4.90. The zero-order valence-corrected chi connectivity index (χ0v) is 10.9. The number of piperazine rings is 1. The number of nitrogens with one attached hydrogen (secondary N) is 2. The third-order valence-corrected chi connectivity index (χ3v) is 3.63. The van der Waals surface area contributed by atoms with Crippen molar-refractivity contribution in [1.82, 2.24) is 15.2 Å². The van der Waals surface area contributed by atoms with Gasteiger partial charge in [0.2, 0.25) is 5.91 Å². The average molecular weight is 272 g/mol. The molecular weight excluding hydrogens is 256 g/mol. The summed E-state index contributed by atoms with van der Waals surface area (Å²) in [7, 11) is 0. The van der Waals surface area contributed by atoms with Gasteiger partial charge in [-0.2, -0.15) is 0 Å². The van der Waals surface area contributed by atoms with E-state index in [1.165, 1.54) is 0 Å². The number of carbonyl (C=O) groups is 2. The van der Waals surface area contributed by atoms with E-state index in [1.54, 1.807) is 17.0 Å². The minimum atomic E-state index is -0.587. The molecule has 1 aromatic carbocycles. The molecule has 6 heteroatoms. The summed E-state index contributed by atoms with van der Waals surface area (Å²) in [6.45, 7) is 1.56. The summed E-state index contributed by atoms with van der Waals surface area (Å²) >= 11 is 0. The minimum absolute atomic E-state index is 0.160. The number of hydrogen-bond donors (Lipinski definition) is 3. The monoisotopic (exact) mass is 272 g/mol. The van der Waals surface area contributed by atoms with E-state index in [0.717, 1.165) is 10.9 Å². The fraction of sp³-hybridized carbons (Fsp3) is 0.286. The van der Waals surface area contributed by atoms with Crippen molar-refractivity contribution in [2.75, 3.05) is 19.6 Å². The molecular formula is C14H16N4O2. The van der Waals surface area contributed by atoms with Crippen LogP contribution in [0.2, 0.25) is 0 Å². The lowest BCUT2D eigenvalue weighted by molar-refractivity contribution is -0.122. The van der Waals surface area contributed by atoms with Crippen molar-refractivity contribution in [1.29, 1.82) is 0 Å². The third kappa shape index (κ3) is 2.14. The highest BCUT2D eigenvalue weighted by molar-refractivity contribution is 6.00. The number of nitrogens with zero attached hydrogens (tertiary/aromatic N) is 1. The van der Waals surface area contributed by atoms with Crippen LogP contribution < -0.4 is 11.1 Å². The van der Waals surface area contributed by atoms with Crippen molar-refractivity contribution in [2.45, 2.75) is 6.04 Å². The maximum atomic E-state index is 12.6. The van der Waals surface area contributed by atoms with Gasteiger partial charge in [-0.15, -0.1) is 0 Å². The molecule has 20 heavy (non-hydrogen) atoms. The number of primary amides is 1. The number of aromatic amines is 1. The maximum Gasteiger partial charge on any atom is 0.254 e. The van der Waals surface area contributed by atoms with Gasteiger partial charge in [-0.3, -0.25) is 9.59 Å². The largest absolute Gasteiger partial charge is 0.368 e. The van der Waals surface area contributed by atoms with E-state index in [9.17, 15) is 9.59 Å². The number of carbonyl (C=O) groups excluding carboxylic acids is 2. The quantitative estimate of drug-likeness (QED) is 0.722. The Morgan fingerprint density at radius 2 is 2.15 bits per heavy atom. The Morgan fingerprint density at radius 3 is 2.95 bits per heavy atom. The van der Waals surface area contributed by atoms with Crippen molar-refractivity contribution in [2.24, 2.45) is 5.73 Å². The van der Waals surface area contributed by atoms with Gasteiger partial charge in [0.1, 0.15) is 6.04 Å². The molecule has 4 N–H and O–H groups in total. The molecule has 2 aromatic rings. The third-order valence-electron chi connectivity index (χ3n) is 3.63. The van der Waals surface area contributed by atoms with Crippen LogP contribution >= 0.6 is 0 Å². The summed E-state index contributed by atoms with van der Waals surface area (Å²) in [5, 5.41) is 4.13. The van der Waals surface area contributed by atoms with E-state index in [-0.39, 0.29) is 5.91 Å². The van der Waals surface area contributed by atoms with Gasteiger partial charge in [-0.05, 0) is 23.6 Å². The summed E-state index contributed by atoms with van der Waals surface area (Å²) in [5.74, 6) is -0.640. The van der Waals surface area contributed by atoms with Crippen LogP contribution in [0, 0.1) is 0 Å². The second-order valence-electron chi connectivity index (χ2n) is 4.90. The number of fused-ring (bicyclic) bond motifs is 1. The summed E-state index contributed by atoms with van der Waals surface area (Å²) in [5.41, 5.74) is 6.84. The molecule has 2 heterocycles. The molecule has 0 saturated carbocycles. The molecule has 104 valence electrons. The number of H-pyrrole nitrogens is 1. The van der Waals surface area contributed by atoms with E-state index < -0.39 is 11.9 Å². The molecule has 1 atom stereocenters. The van der Waals surface area contributed by atoms with E-state index >= 15 is 0 Å². The van der Waals surface area contributed by atoms with E-state index in [1.807, 2.05) is 18.3 Å². The highest BCUT2D eigenvalue weighted by Crippen LogP contribution is 2.17. The van der Waals surface area contributed by atoms with Crippen molar-refractivity contribution in [3.63, 3.8) is 0 Å². The molecule has 1 unspecified atom stereocenters. The Morgan fingerprint density at radius 1 is 1.30 bits per heavy atom. The Kier molecular flexibility index (Phi) is 3.15. The van der Waals surface area contributed by atoms with Gasteiger partial charge in [0.05, 0.1) is 0 Å². The van der Waals surface area contributed by atoms with Gasteiger partial charge in [-0.1, -0.05) is 6.07 Å². The molecule has 1 fully saturated rings. The molecule has 2 amide bonds. The summed E-state index contributed by atoms with van der Waals surface area (Å²) in [6.07, 6.45) is 1.83. The Bertz CT molecular complexity index is 664. The molecule has 6 nitrogen and oxygen atoms in total. The minimum Gasteiger partial charge on any atom is -0.368 e. The van der Waals surface area contributed by atoms with Crippen molar-refractivity contribution < 1.29 is 9.59 Å². The molecule has 1 saturated heterocycles. The number of aromatic nitrogens is 1. The van der Waals surface area contributed by atoms with Gasteiger partial charge in [0, 0.05) is 36.9 Å². The number of rotatable bonds is 2. The standard InChI is InChI=1S/C14H16N4O2/c15-13(19)12-8-16-5-6-18(12)14(20)10-2-1-9-3-4-17-11(9)7-10/h1-4,7,12,16-17H,5-6,8H2,(H2,15,19).